The van der Waals surface area contributed by atoms with Crippen LogP contribution in [0.1, 0.15) is 20.3 Å². The van der Waals surface area contributed by atoms with Gasteiger partial charge in [0.2, 0.25) is 0 Å². The maximum atomic E-state index is 11.8. The number of carboxylic acid groups (broad SMARTS) is 1. The van der Waals surface area contributed by atoms with E-state index >= 15 is 0 Å². The molecule has 0 radical (unpaired) electrons. The number of ether oxygens (including phenoxy) is 1. The number of carbonyl (C=O) groups is 2. The molecule has 0 aliphatic heterocycles. The molecule has 0 spiro atoms. The average Bonchev–Trinajstić information content (AvgIpc) is 2.38. The third-order valence-electron chi connectivity index (χ3n) is 2.59. The van der Waals surface area contributed by atoms with Crippen LogP contribution in [0, 0.1) is 0 Å². The third kappa shape index (κ3) is 4.58. The van der Waals surface area contributed by atoms with E-state index in [2.05, 4.69) is 5.32 Å². The van der Waals surface area contributed by atoms with E-state index in [0.29, 0.717) is 10.8 Å². The fourth-order valence-electron chi connectivity index (χ4n) is 1.44. The largest absolute Gasteiger partial charge is 0.480 e. The van der Waals surface area contributed by atoms with Crippen LogP contribution in [0.15, 0.2) is 18.2 Å². The highest BCUT2D eigenvalue weighted by atomic mass is 35.5. The molecule has 0 saturated carbocycles. The summed E-state index contributed by atoms with van der Waals surface area (Å²) in [6, 6.07) is 3.69. The summed E-state index contributed by atoms with van der Waals surface area (Å²) in [7, 11) is 0. The Morgan fingerprint density at radius 2 is 2.05 bits per heavy atom. The van der Waals surface area contributed by atoms with Gasteiger partial charge >= 0.3 is 5.97 Å². The minimum Gasteiger partial charge on any atom is -0.480 e. The second kappa shape index (κ2) is 7.36. The Morgan fingerprint density at radius 1 is 1.40 bits per heavy atom. The molecule has 0 bridgehead atoms. The van der Waals surface area contributed by atoms with Crippen molar-refractivity contribution >= 4 is 35.1 Å². The van der Waals surface area contributed by atoms with Crippen LogP contribution < -0.4 is 10.1 Å². The number of hydrogen-bond acceptors (Lipinski definition) is 3. The SMILES string of the molecule is CC[C@H](NC(=O)C(C)Oc1ccc(Cl)cc1Cl)C(=O)O. The summed E-state index contributed by atoms with van der Waals surface area (Å²) in [5.74, 6) is -1.30. The van der Waals surface area contributed by atoms with Crippen molar-refractivity contribution in [2.75, 3.05) is 0 Å². The van der Waals surface area contributed by atoms with Crippen molar-refractivity contribution in [3.05, 3.63) is 28.2 Å². The van der Waals surface area contributed by atoms with Gasteiger partial charge in [0.25, 0.3) is 5.91 Å². The lowest BCUT2D eigenvalue weighted by atomic mass is 10.2. The van der Waals surface area contributed by atoms with E-state index in [1.807, 2.05) is 0 Å². The Hall–Kier alpha value is -1.46. The Bertz CT molecular complexity index is 507. The predicted molar refractivity (Wildman–Crippen MR) is 76.4 cm³/mol. The molecule has 0 aliphatic rings. The fraction of sp³-hybridized carbons (Fsp3) is 0.385. The van der Waals surface area contributed by atoms with Gasteiger partial charge in [0.15, 0.2) is 6.10 Å². The van der Waals surface area contributed by atoms with Crippen molar-refractivity contribution in [1.82, 2.24) is 5.32 Å². The van der Waals surface area contributed by atoms with Crippen molar-refractivity contribution in [2.45, 2.75) is 32.4 Å². The van der Waals surface area contributed by atoms with Crippen LogP contribution in [0.3, 0.4) is 0 Å². The van der Waals surface area contributed by atoms with E-state index in [0.717, 1.165) is 0 Å². The quantitative estimate of drug-likeness (QED) is 0.845. The highest BCUT2D eigenvalue weighted by molar-refractivity contribution is 6.35. The lowest BCUT2D eigenvalue weighted by Crippen LogP contribution is -2.45. The minimum absolute atomic E-state index is 0.280. The van der Waals surface area contributed by atoms with Crippen molar-refractivity contribution < 1.29 is 19.4 Å². The van der Waals surface area contributed by atoms with E-state index in [9.17, 15) is 9.59 Å². The molecule has 20 heavy (non-hydrogen) atoms. The zero-order valence-corrected chi connectivity index (χ0v) is 12.5. The molecule has 0 fully saturated rings. The fourth-order valence-corrected chi connectivity index (χ4v) is 1.90. The highest BCUT2D eigenvalue weighted by Gasteiger charge is 2.22. The van der Waals surface area contributed by atoms with Crippen LogP contribution >= 0.6 is 23.2 Å². The number of halogens is 2. The number of carboxylic acids is 1. The maximum absolute atomic E-state index is 11.8. The summed E-state index contributed by atoms with van der Waals surface area (Å²) in [4.78, 5) is 22.7. The normalized spacial score (nSPS) is 13.4. The first-order chi connectivity index (χ1) is 9.35. The van der Waals surface area contributed by atoms with Gasteiger partial charge in [0, 0.05) is 5.02 Å². The minimum atomic E-state index is -1.09. The molecule has 1 rings (SSSR count). The lowest BCUT2D eigenvalue weighted by Gasteiger charge is -2.18. The number of rotatable bonds is 6. The molecule has 1 unspecified atom stereocenters. The number of carbonyl (C=O) groups excluding carboxylic acids is 1. The second-order valence-corrected chi connectivity index (χ2v) is 4.99. The molecule has 5 nitrogen and oxygen atoms in total. The van der Waals surface area contributed by atoms with Crippen molar-refractivity contribution in [3.63, 3.8) is 0 Å². The average molecular weight is 320 g/mol. The summed E-state index contributed by atoms with van der Waals surface area (Å²) < 4.78 is 5.39. The number of hydrogen-bond donors (Lipinski definition) is 2. The van der Waals surface area contributed by atoms with E-state index in [1.165, 1.54) is 13.0 Å². The molecule has 7 heteroatoms. The number of aliphatic carboxylic acids is 1. The first-order valence-electron chi connectivity index (χ1n) is 6.00. The molecule has 2 N–H and O–H groups in total. The summed E-state index contributed by atoms with van der Waals surface area (Å²) in [6.07, 6.45) is -0.586. The van der Waals surface area contributed by atoms with Gasteiger partial charge < -0.3 is 15.2 Å². The zero-order chi connectivity index (χ0) is 15.3. The highest BCUT2D eigenvalue weighted by Crippen LogP contribution is 2.28. The van der Waals surface area contributed by atoms with E-state index in [-0.39, 0.29) is 11.4 Å². The monoisotopic (exact) mass is 319 g/mol. The van der Waals surface area contributed by atoms with Crippen LogP contribution in [-0.2, 0) is 9.59 Å². The van der Waals surface area contributed by atoms with Crippen molar-refractivity contribution in [2.24, 2.45) is 0 Å². The molecule has 110 valence electrons. The second-order valence-electron chi connectivity index (χ2n) is 4.14. The first-order valence-corrected chi connectivity index (χ1v) is 6.75. The van der Waals surface area contributed by atoms with Gasteiger partial charge in [-0.15, -0.1) is 0 Å². The lowest BCUT2D eigenvalue weighted by molar-refractivity contribution is -0.143. The van der Waals surface area contributed by atoms with Gasteiger partial charge in [-0.25, -0.2) is 4.79 Å². The molecule has 1 aromatic rings. The molecule has 1 aromatic carbocycles. The molecular formula is C13H15Cl2NO4. The molecule has 1 amide bonds. The van der Waals surface area contributed by atoms with Gasteiger partial charge in [-0.2, -0.15) is 0 Å². The van der Waals surface area contributed by atoms with Crippen LogP contribution in [-0.4, -0.2) is 29.1 Å². The molecule has 2 atom stereocenters. The molecule has 0 saturated heterocycles. The Morgan fingerprint density at radius 3 is 2.55 bits per heavy atom. The van der Waals surface area contributed by atoms with Crippen LogP contribution in [0.4, 0.5) is 0 Å². The number of amides is 1. The van der Waals surface area contributed by atoms with Crippen LogP contribution in [0.25, 0.3) is 0 Å². The van der Waals surface area contributed by atoms with Gasteiger partial charge in [0.05, 0.1) is 5.02 Å². The van der Waals surface area contributed by atoms with Gasteiger partial charge in [-0.05, 0) is 31.5 Å². The standard InChI is InChI=1S/C13H15Cl2NO4/c1-3-10(13(18)19)16-12(17)7(2)20-11-5-4-8(14)6-9(11)15/h4-7,10H,3H2,1-2H3,(H,16,17)(H,18,19)/t7?,10-/m0/s1. The van der Waals surface area contributed by atoms with Gasteiger partial charge in [-0.3, -0.25) is 4.79 Å². The summed E-state index contributed by atoms with van der Waals surface area (Å²) in [5.41, 5.74) is 0. The van der Waals surface area contributed by atoms with E-state index < -0.39 is 24.0 Å². The topological polar surface area (TPSA) is 75.6 Å². The van der Waals surface area contributed by atoms with Crippen LogP contribution in [0.5, 0.6) is 5.75 Å². The number of benzene rings is 1. The summed E-state index contributed by atoms with van der Waals surface area (Å²) in [5, 5.41) is 12.0. The summed E-state index contributed by atoms with van der Waals surface area (Å²) >= 11 is 11.7. The van der Waals surface area contributed by atoms with Gasteiger partial charge in [-0.1, -0.05) is 30.1 Å². The predicted octanol–water partition coefficient (Wildman–Crippen LogP) is 2.74. The molecule has 0 aliphatic carbocycles. The summed E-state index contributed by atoms with van der Waals surface area (Å²) in [6.45, 7) is 3.18. The maximum Gasteiger partial charge on any atom is 0.326 e. The molecule has 0 aromatic heterocycles. The van der Waals surface area contributed by atoms with E-state index in [1.54, 1.807) is 19.1 Å². The Kier molecular flexibility index (Phi) is 6.10. The van der Waals surface area contributed by atoms with E-state index in [4.69, 9.17) is 33.0 Å². The Balaban J connectivity index is 2.68. The molecule has 0 heterocycles. The number of nitrogens with one attached hydrogen (secondary N) is 1. The first kappa shape index (κ1) is 16.6. The van der Waals surface area contributed by atoms with Gasteiger partial charge in [0.1, 0.15) is 11.8 Å². The van der Waals surface area contributed by atoms with Crippen molar-refractivity contribution in [3.8, 4) is 5.75 Å². The van der Waals surface area contributed by atoms with Crippen molar-refractivity contribution in [1.29, 1.82) is 0 Å². The molecular weight excluding hydrogens is 305 g/mol. The van der Waals surface area contributed by atoms with Crippen LogP contribution in [0.2, 0.25) is 10.0 Å². The smallest absolute Gasteiger partial charge is 0.326 e. The zero-order valence-electron chi connectivity index (χ0n) is 11.0. The Labute approximate surface area is 126 Å². The third-order valence-corrected chi connectivity index (χ3v) is 3.12.